The predicted octanol–water partition coefficient (Wildman–Crippen LogP) is -0.590. The highest BCUT2D eigenvalue weighted by Gasteiger charge is 2.22. The van der Waals surface area contributed by atoms with Crippen LogP contribution in [0.25, 0.3) is 0 Å². The van der Waals surface area contributed by atoms with Gasteiger partial charge in [-0.15, -0.1) is 0 Å². The number of nitrogens with one attached hydrogen (secondary N) is 3. The highest BCUT2D eigenvalue weighted by molar-refractivity contribution is 7.92. The Morgan fingerprint density at radius 3 is 2.45 bits per heavy atom. The topological polar surface area (TPSA) is 151 Å². The lowest BCUT2D eigenvalue weighted by Gasteiger charge is -2.26. The minimum atomic E-state index is -4.22. The number of aromatic nitrogens is 2. The van der Waals surface area contributed by atoms with Crippen LogP contribution < -0.4 is 20.7 Å². The number of aromatic amines is 2. The van der Waals surface area contributed by atoms with Gasteiger partial charge in [-0.3, -0.25) is 19.3 Å². The quantitative estimate of drug-likeness (QED) is 0.561. The van der Waals surface area contributed by atoms with E-state index in [4.69, 9.17) is 9.47 Å². The molecular weight excluding hydrogens is 404 g/mol. The fourth-order valence-corrected chi connectivity index (χ4v) is 4.08. The van der Waals surface area contributed by atoms with E-state index in [1.54, 1.807) is 4.90 Å². The van der Waals surface area contributed by atoms with Gasteiger partial charge in [0.15, 0.2) is 11.5 Å². The van der Waals surface area contributed by atoms with Crippen LogP contribution in [0.1, 0.15) is 5.69 Å². The molecule has 0 atom stereocenters. The zero-order valence-corrected chi connectivity index (χ0v) is 16.4. The third kappa shape index (κ3) is 5.03. The van der Waals surface area contributed by atoms with Gasteiger partial charge in [-0.25, -0.2) is 13.2 Å². The molecule has 0 bridgehead atoms. The van der Waals surface area contributed by atoms with Crippen molar-refractivity contribution >= 4 is 21.6 Å². The van der Waals surface area contributed by atoms with Crippen LogP contribution in [-0.4, -0.2) is 62.1 Å². The third-order valence-corrected chi connectivity index (χ3v) is 5.71. The summed E-state index contributed by atoms with van der Waals surface area (Å²) in [5, 5.41) is 0. The van der Waals surface area contributed by atoms with Crippen LogP contribution in [0.3, 0.4) is 0 Å². The van der Waals surface area contributed by atoms with Crippen LogP contribution in [0.15, 0.2) is 38.8 Å². The van der Waals surface area contributed by atoms with Crippen LogP contribution in [0.4, 0.5) is 5.69 Å². The molecule has 1 aromatic heterocycles. The lowest BCUT2D eigenvalue weighted by molar-refractivity contribution is -0.137. The van der Waals surface area contributed by atoms with Crippen LogP contribution >= 0.6 is 0 Å². The number of sulfonamides is 1. The molecule has 3 rings (SSSR count). The Morgan fingerprint density at radius 1 is 1.17 bits per heavy atom. The van der Waals surface area contributed by atoms with Crippen molar-refractivity contribution in [3.05, 3.63) is 50.8 Å². The SMILES string of the molecule is Cc1[nH]c(=O)[nH]c(=O)c1S(=O)(=O)Nc1ccc(OCC(=O)N2CCOCC2)cc1. The van der Waals surface area contributed by atoms with Crippen molar-refractivity contribution in [2.75, 3.05) is 37.6 Å². The summed E-state index contributed by atoms with van der Waals surface area (Å²) in [5.74, 6) is 0.221. The largest absolute Gasteiger partial charge is 0.484 e. The van der Waals surface area contributed by atoms with Gasteiger partial charge in [-0.05, 0) is 31.2 Å². The van der Waals surface area contributed by atoms with Gasteiger partial charge in [0.25, 0.3) is 21.5 Å². The molecule has 2 heterocycles. The van der Waals surface area contributed by atoms with Crippen LogP contribution in [0.5, 0.6) is 5.75 Å². The number of rotatable bonds is 6. The van der Waals surface area contributed by atoms with Crippen LogP contribution in [-0.2, 0) is 19.6 Å². The number of nitrogens with zero attached hydrogens (tertiary/aromatic N) is 1. The number of ether oxygens (including phenoxy) is 2. The molecule has 11 nitrogen and oxygen atoms in total. The first-order chi connectivity index (χ1) is 13.8. The molecule has 0 aliphatic carbocycles. The van der Waals surface area contributed by atoms with Crippen LogP contribution in [0, 0.1) is 6.92 Å². The molecule has 156 valence electrons. The van der Waals surface area contributed by atoms with E-state index in [-0.39, 0.29) is 23.9 Å². The van der Waals surface area contributed by atoms with Gasteiger partial charge in [0.1, 0.15) is 5.75 Å². The average Bonchev–Trinajstić information content (AvgIpc) is 2.66. The Labute approximate surface area is 165 Å². The molecule has 0 saturated carbocycles. The van der Waals surface area contributed by atoms with Gasteiger partial charge in [0, 0.05) is 24.5 Å². The zero-order chi connectivity index (χ0) is 21.0. The number of hydrogen-bond donors (Lipinski definition) is 3. The van der Waals surface area contributed by atoms with E-state index < -0.39 is 26.2 Å². The molecule has 0 unspecified atom stereocenters. The molecule has 1 aliphatic rings. The second kappa shape index (κ2) is 8.49. The summed E-state index contributed by atoms with van der Waals surface area (Å²) < 4.78 is 37.9. The highest BCUT2D eigenvalue weighted by Crippen LogP contribution is 2.19. The molecule has 1 amide bonds. The first kappa shape index (κ1) is 20.6. The molecular formula is C17H20N4O7S. The Bertz CT molecular complexity index is 1100. The van der Waals surface area contributed by atoms with Gasteiger partial charge >= 0.3 is 5.69 Å². The van der Waals surface area contributed by atoms with Gasteiger partial charge in [0.2, 0.25) is 0 Å². The van der Waals surface area contributed by atoms with E-state index in [1.807, 2.05) is 4.98 Å². The molecule has 0 spiro atoms. The number of benzene rings is 1. The number of anilines is 1. The Balaban J connectivity index is 1.65. The van der Waals surface area contributed by atoms with Gasteiger partial charge in [-0.2, -0.15) is 0 Å². The number of amides is 1. The van der Waals surface area contributed by atoms with Crippen molar-refractivity contribution in [3.8, 4) is 5.75 Å². The normalized spacial score (nSPS) is 14.4. The lowest BCUT2D eigenvalue weighted by atomic mass is 10.3. The highest BCUT2D eigenvalue weighted by atomic mass is 32.2. The van der Waals surface area contributed by atoms with Crippen molar-refractivity contribution in [1.82, 2.24) is 14.9 Å². The number of carbonyl (C=O) groups excluding carboxylic acids is 1. The second-order valence-corrected chi connectivity index (χ2v) is 7.89. The Kier molecular flexibility index (Phi) is 6.03. The zero-order valence-electron chi connectivity index (χ0n) is 15.6. The fraction of sp³-hybridized carbons (Fsp3) is 0.353. The molecule has 29 heavy (non-hydrogen) atoms. The Morgan fingerprint density at radius 2 is 1.83 bits per heavy atom. The van der Waals surface area contributed by atoms with E-state index in [0.29, 0.717) is 32.1 Å². The van der Waals surface area contributed by atoms with Crippen molar-refractivity contribution in [3.63, 3.8) is 0 Å². The lowest BCUT2D eigenvalue weighted by Crippen LogP contribution is -2.42. The maximum atomic E-state index is 12.5. The summed E-state index contributed by atoms with van der Waals surface area (Å²) in [6, 6.07) is 5.85. The number of H-pyrrole nitrogens is 2. The molecule has 1 aromatic carbocycles. The molecule has 0 radical (unpaired) electrons. The fourth-order valence-electron chi connectivity index (χ4n) is 2.79. The van der Waals surface area contributed by atoms with Crippen molar-refractivity contribution in [2.45, 2.75) is 11.8 Å². The average molecular weight is 424 g/mol. The summed E-state index contributed by atoms with van der Waals surface area (Å²) in [4.78, 5) is 40.4. The molecule has 2 aromatic rings. The summed E-state index contributed by atoms with van der Waals surface area (Å²) in [6.07, 6.45) is 0. The summed E-state index contributed by atoms with van der Waals surface area (Å²) >= 11 is 0. The van der Waals surface area contributed by atoms with Crippen molar-refractivity contribution < 1.29 is 22.7 Å². The predicted molar refractivity (Wildman–Crippen MR) is 103 cm³/mol. The molecule has 1 aliphatic heterocycles. The first-order valence-corrected chi connectivity index (χ1v) is 10.2. The number of aryl methyl sites for hydroxylation is 1. The first-order valence-electron chi connectivity index (χ1n) is 8.71. The maximum Gasteiger partial charge on any atom is 0.325 e. The minimum absolute atomic E-state index is 0.0761. The monoisotopic (exact) mass is 424 g/mol. The second-order valence-electron chi connectivity index (χ2n) is 6.27. The molecule has 1 fully saturated rings. The van der Waals surface area contributed by atoms with Crippen molar-refractivity contribution in [1.29, 1.82) is 0 Å². The minimum Gasteiger partial charge on any atom is -0.484 e. The number of morpholine rings is 1. The van der Waals surface area contributed by atoms with E-state index in [2.05, 4.69) is 9.71 Å². The Hall–Kier alpha value is -3.12. The number of hydrogen-bond acceptors (Lipinski definition) is 7. The molecule has 1 saturated heterocycles. The third-order valence-electron chi connectivity index (χ3n) is 4.18. The van der Waals surface area contributed by atoms with E-state index in [1.165, 1.54) is 31.2 Å². The van der Waals surface area contributed by atoms with Crippen molar-refractivity contribution in [2.24, 2.45) is 0 Å². The van der Waals surface area contributed by atoms with Gasteiger partial charge in [-0.1, -0.05) is 0 Å². The van der Waals surface area contributed by atoms with E-state index in [9.17, 15) is 22.8 Å². The van der Waals surface area contributed by atoms with Gasteiger partial charge < -0.3 is 19.4 Å². The summed E-state index contributed by atoms with van der Waals surface area (Å²) in [7, 11) is -4.22. The summed E-state index contributed by atoms with van der Waals surface area (Å²) in [6.45, 7) is 3.21. The van der Waals surface area contributed by atoms with Gasteiger partial charge in [0.05, 0.1) is 13.2 Å². The molecule has 12 heteroatoms. The van der Waals surface area contributed by atoms with Crippen LogP contribution in [0.2, 0.25) is 0 Å². The van der Waals surface area contributed by atoms with E-state index >= 15 is 0 Å². The smallest absolute Gasteiger partial charge is 0.325 e. The maximum absolute atomic E-state index is 12.5. The standard InChI is InChI=1S/C17H20N4O7S/c1-11-15(16(23)19-17(24)18-11)29(25,26)20-12-2-4-13(5-3-12)28-10-14(22)21-6-8-27-9-7-21/h2-5,20H,6-10H2,1H3,(H2,18,19,23,24). The number of carbonyl (C=O) groups is 1. The molecule has 3 N–H and O–H groups in total. The summed E-state index contributed by atoms with van der Waals surface area (Å²) in [5.41, 5.74) is -1.70. The van der Waals surface area contributed by atoms with E-state index in [0.717, 1.165) is 0 Å².